The predicted octanol–water partition coefficient (Wildman–Crippen LogP) is 4.09. The number of nitrogens with zero attached hydrogens (tertiary/aromatic N) is 2. The van der Waals surface area contributed by atoms with E-state index in [0.717, 1.165) is 35.2 Å². The molecule has 3 aromatic rings. The predicted molar refractivity (Wildman–Crippen MR) is 102 cm³/mol. The molecule has 0 aliphatic rings. The smallest absolute Gasteiger partial charge is 0.237 e. The first-order valence-corrected chi connectivity index (χ1v) is 9.33. The van der Waals surface area contributed by atoms with E-state index in [1.807, 2.05) is 31.2 Å². The topological polar surface area (TPSA) is 79.9 Å². The Bertz CT molecular complexity index is 960. The van der Waals surface area contributed by atoms with Crippen LogP contribution in [-0.4, -0.2) is 26.3 Å². The summed E-state index contributed by atoms with van der Waals surface area (Å²) in [6.45, 7) is 3.73. The molecule has 0 saturated heterocycles. The Hall–Kier alpha value is -2.94. The van der Waals surface area contributed by atoms with Gasteiger partial charge in [-0.15, -0.1) is 5.10 Å². The summed E-state index contributed by atoms with van der Waals surface area (Å²) >= 11 is 1.06. The fraction of sp³-hybridized carbons (Fsp3) is 0.211. The van der Waals surface area contributed by atoms with Crippen LogP contribution in [0.5, 0.6) is 5.75 Å². The number of halogens is 2. The van der Waals surface area contributed by atoms with E-state index in [2.05, 4.69) is 20.5 Å². The van der Waals surface area contributed by atoms with Gasteiger partial charge in [0.15, 0.2) is 5.82 Å². The van der Waals surface area contributed by atoms with Gasteiger partial charge < -0.3 is 10.1 Å². The van der Waals surface area contributed by atoms with E-state index in [1.54, 1.807) is 6.92 Å². The molecule has 9 heteroatoms. The Morgan fingerprint density at radius 1 is 1.21 bits per heavy atom. The van der Waals surface area contributed by atoms with E-state index in [0.29, 0.717) is 11.0 Å². The number of para-hydroxylation sites is 2. The second-order valence-corrected chi connectivity index (χ2v) is 7.27. The zero-order valence-electron chi connectivity index (χ0n) is 15.2. The van der Waals surface area contributed by atoms with Crippen LogP contribution >= 0.6 is 11.8 Å². The third kappa shape index (κ3) is 4.86. The summed E-state index contributed by atoms with van der Waals surface area (Å²) in [6.07, 6.45) is 0. The molecule has 0 fully saturated rings. The lowest BCUT2D eigenvalue weighted by Gasteiger charge is -2.11. The highest BCUT2D eigenvalue weighted by Crippen LogP contribution is 2.23. The summed E-state index contributed by atoms with van der Waals surface area (Å²) in [6, 6.07) is 11.0. The van der Waals surface area contributed by atoms with E-state index in [9.17, 15) is 13.6 Å². The lowest BCUT2D eigenvalue weighted by atomic mass is 10.2. The molecule has 0 bridgehead atoms. The van der Waals surface area contributed by atoms with Gasteiger partial charge in [-0.25, -0.2) is 13.8 Å². The van der Waals surface area contributed by atoms with Crippen LogP contribution in [0.1, 0.15) is 18.3 Å². The molecule has 0 unspecified atom stereocenters. The number of carbonyl (C=O) groups is 1. The largest absolute Gasteiger partial charge is 0.485 e. The van der Waals surface area contributed by atoms with Gasteiger partial charge in [-0.3, -0.25) is 9.89 Å². The molecule has 0 aliphatic carbocycles. The standard InChI is InChI=1S/C19H18F2N4O2S/c1-11-6-3-4-9-15(11)27-10-16-22-19(25-24-16)28-12(2)18(26)23-17-13(20)7-5-8-14(17)21/h3-9,12H,10H2,1-2H3,(H,23,26)(H,22,24,25)/t12-/m1/s1. The Kier molecular flexibility index (Phi) is 6.25. The Labute approximate surface area is 164 Å². The normalized spacial score (nSPS) is 11.9. The second kappa shape index (κ2) is 8.83. The highest BCUT2D eigenvalue weighted by molar-refractivity contribution is 8.00. The first-order valence-electron chi connectivity index (χ1n) is 8.45. The molecule has 1 heterocycles. The Balaban J connectivity index is 1.57. The van der Waals surface area contributed by atoms with E-state index in [-0.39, 0.29) is 6.61 Å². The number of aromatic nitrogens is 3. The third-order valence-corrected chi connectivity index (χ3v) is 4.79. The van der Waals surface area contributed by atoms with E-state index in [1.165, 1.54) is 6.07 Å². The minimum atomic E-state index is -0.834. The lowest BCUT2D eigenvalue weighted by molar-refractivity contribution is -0.115. The van der Waals surface area contributed by atoms with Crippen LogP contribution in [0.4, 0.5) is 14.5 Å². The first-order chi connectivity index (χ1) is 13.4. The number of ether oxygens (including phenoxy) is 1. The zero-order valence-corrected chi connectivity index (χ0v) is 16.0. The van der Waals surface area contributed by atoms with Gasteiger partial charge in [0.25, 0.3) is 0 Å². The van der Waals surface area contributed by atoms with Crippen molar-refractivity contribution in [3.05, 3.63) is 65.5 Å². The maximum Gasteiger partial charge on any atom is 0.237 e. The van der Waals surface area contributed by atoms with Crippen molar-refractivity contribution < 1.29 is 18.3 Å². The van der Waals surface area contributed by atoms with Crippen molar-refractivity contribution in [2.45, 2.75) is 30.9 Å². The number of anilines is 1. The molecule has 0 spiro atoms. The Morgan fingerprint density at radius 2 is 1.93 bits per heavy atom. The SMILES string of the molecule is Cc1ccccc1OCc1nc(S[C@H](C)C(=O)Nc2c(F)cccc2F)n[nH]1. The van der Waals surface area contributed by atoms with Crippen molar-refractivity contribution in [1.29, 1.82) is 0 Å². The van der Waals surface area contributed by atoms with E-state index in [4.69, 9.17) is 4.74 Å². The molecule has 1 atom stereocenters. The number of H-pyrrole nitrogens is 1. The van der Waals surface area contributed by atoms with Crippen LogP contribution in [0, 0.1) is 18.6 Å². The molecule has 3 rings (SSSR count). The molecular formula is C19H18F2N4O2S. The van der Waals surface area contributed by atoms with Gasteiger partial charge >= 0.3 is 0 Å². The number of hydrogen-bond acceptors (Lipinski definition) is 5. The number of carbonyl (C=O) groups excluding carboxylic acids is 1. The highest BCUT2D eigenvalue weighted by Gasteiger charge is 2.20. The minimum Gasteiger partial charge on any atom is -0.485 e. The maximum absolute atomic E-state index is 13.7. The summed E-state index contributed by atoms with van der Waals surface area (Å²) in [5.41, 5.74) is 0.532. The second-order valence-electron chi connectivity index (χ2n) is 5.96. The number of hydrogen-bond donors (Lipinski definition) is 2. The van der Waals surface area contributed by atoms with Crippen LogP contribution in [0.15, 0.2) is 47.6 Å². The third-order valence-electron chi connectivity index (χ3n) is 3.83. The first kappa shape index (κ1) is 19.8. The van der Waals surface area contributed by atoms with Crippen LogP contribution in [0.3, 0.4) is 0 Å². The number of amides is 1. The van der Waals surface area contributed by atoms with Crippen molar-refractivity contribution in [3.63, 3.8) is 0 Å². The van der Waals surface area contributed by atoms with Crippen LogP contribution < -0.4 is 10.1 Å². The number of aryl methyl sites for hydroxylation is 1. The number of rotatable bonds is 7. The van der Waals surface area contributed by atoms with Crippen molar-refractivity contribution in [3.8, 4) is 5.75 Å². The highest BCUT2D eigenvalue weighted by atomic mass is 32.2. The molecule has 0 aliphatic heterocycles. The van der Waals surface area contributed by atoms with Gasteiger partial charge in [0.1, 0.15) is 29.7 Å². The number of nitrogens with one attached hydrogen (secondary N) is 2. The fourth-order valence-electron chi connectivity index (χ4n) is 2.31. The van der Waals surface area contributed by atoms with Gasteiger partial charge in [0.05, 0.1) is 5.25 Å². The monoisotopic (exact) mass is 404 g/mol. The molecule has 28 heavy (non-hydrogen) atoms. The molecule has 0 saturated carbocycles. The van der Waals surface area contributed by atoms with Crippen molar-refractivity contribution in [2.24, 2.45) is 0 Å². The molecule has 0 radical (unpaired) electrons. The van der Waals surface area contributed by atoms with Crippen LogP contribution in [-0.2, 0) is 11.4 Å². The molecular weight excluding hydrogens is 386 g/mol. The maximum atomic E-state index is 13.7. The van der Waals surface area contributed by atoms with E-state index >= 15 is 0 Å². The molecule has 146 valence electrons. The summed E-state index contributed by atoms with van der Waals surface area (Å²) < 4.78 is 33.0. The summed E-state index contributed by atoms with van der Waals surface area (Å²) in [5, 5.41) is 8.71. The van der Waals surface area contributed by atoms with Gasteiger partial charge in [0, 0.05) is 0 Å². The quantitative estimate of drug-likeness (QED) is 0.580. The average molecular weight is 404 g/mol. The summed E-state index contributed by atoms with van der Waals surface area (Å²) in [5.74, 6) is -0.985. The van der Waals surface area contributed by atoms with Crippen LogP contribution in [0.25, 0.3) is 0 Å². The zero-order chi connectivity index (χ0) is 20.1. The molecule has 6 nitrogen and oxygen atoms in total. The number of benzene rings is 2. The van der Waals surface area contributed by atoms with E-state index < -0.39 is 28.5 Å². The van der Waals surface area contributed by atoms with Crippen molar-refractivity contribution in [1.82, 2.24) is 15.2 Å². The number of aromatic amines is 1. The van der Waals surface area contributed by atoms with Crippen LogP contribution in [0.2, 0.25) is 0 Å². The van der Waals surface area contributed by atoms with Crippen molar-refractivity contribution in [2.75, 3.05) is 5.32 Å². The summed E-state index contributed by atoms with van der Waals surface area (Å²) in [4.78, 5) is 16.5. The molecule has 1 amide bonds. The van der Waals surface area contributed by atoms with Gasteiger partial charge in [0.2, 0.25) is 11.1 Å². The Morgan fingerprint density at radius 3 is 2.64 bits per heavy atom. The minimum absolute atomic E-state index is 0.194. The number of thioether (sulfide) groups is 1. The molecule has 2 aromatic carbocycles. The van der Waals surface area contributed by atoms with Gasteiger partial charge in [-0.2, -0.15) is 0 Å². The average Bonchev–Trinajstić information content (AvgIpc) is 3.11. The van der Waals surface area contributed by atoms with Crippen molar-refractivity contribution >= 4 is 23.4 Å². The summed E-state index contributed by atoms with van der Waals surface area (Å²) in [7, 11) is 0. The van der Waals surface area contributed by atoms with Gasteiger partial charge in [-0.1, -0.05) is 36.0 Å². The fourth-order valence-corrected chi connectivity index (χ4v) is 3.06. The van der Waals surface area contributed by atoms with Gasteiger partial charge in [-0.05, 0) is 37.6 Å². The molecule has 2 N–H and O–H groups in total. The lowest BCUT2D eigenvalue weighted by Crippen LogP contribution is -2.23. The molecule has 1 aromatic heterocycles.